The standard InChI is InChI=1S/C21H27F6N5O3/c1-10(35-19(2,3)21(25,26)27)16(28)17-29-12-6-5-11(7-13(12)30-17)14(9-34-4)32-8-15(20(22,23)24)31-18(32)33/h5-7,10,14-16H,8-9,28H2,1-4H3,(H,29,30)(H,31,33)/t10-,14-,15+,16+/m1/s1. The van der Waals surface area contributed by atoms with E-state index < -0.39 is 54.8 Å². The third kappa shape index (κ3) is 5.64. The summed E-state index contributed by atoms with van der Waals surface area (Å²) in [5.74, 6) is 0.168. The second-order valence-corrected chi connectivity index (χ2v) is 8.92. The number of aromatic nitrogens is 2. The molecule has 0 spiro atoms. The third-order valence-electron chi connectivity index (χ3n) is 5.93. The quantitative estimate of drug-likeness (QED) is 0.466. The van der Waals surface area contributed by atoms with Crippen LogP contribution in [0.5, 0.6) is 0 Å². The van der Waals surface area contributed by atoms with E-state index in [4.69, 9.17) is 15.2 Å². The van der Waals surface area contributed by atoms with Gasteiger partial charge in [0.15, 0.2) is 5.60 Å². The first-order valence-corrected chi connectivity index (χ1v) is 10.7. The molecule has 1 fully saturated rings. The van der Waals surface area contributed by atoms with Gasteiger partial charge in [0.1, 0.15) is 11.9 Å². The van der Waals surface area contributed by atoms with Crippen molar-refractivity contribution in [2.24, 2.45) is 5.73 Å². The molecular formula is C21H27F6N5O3. The van der Waals surface area contributed by atoms with Gasteiger partial charge in [-0.3, -0.25) is 0 Å². The van der Waals surface area contributed by atoms with E-state index in [1.54, 1.807) is 18.2 Å². The maximum absolute atomic E-state index is 13.2. The number of benzene rings is 1. The van der Waals surface area contributed by atoms with E-state index >= 15 is 0 Å². The fourth-order valence-electron chi connectivity index (χ4n) is 3.77. The second kappa shape index (κ2) is 9.47. The van der Waals surface area contributed by atoms with E-state index in [1.165, 1.54) is 14.0 Å². The fraction of sp³-hybridized carbons (Fsp3) is 0.619. The summed E-state index contributed by atoms with van der Waals surface area (Å²) in [6.45, 7) is 2.54. The number of amides is 2. The van der Waals surface area contributed by atoms with Gasteiger partial charge in [-0.2, -0.15) is 26.3 Å². The molecule has 0 radical (unpaired) electrons. The normalized spacial score (nSPS) is 20.3. The van der Waals surface area contributed by atoms with Gasteiger partial charge in [0.25, 0.3) is 0 Å². The zero-order valence-electron chi connectivity index (χ0n) is 19.4. The number of alkyl halides is 6. The van der Waals surface area contributed by atoms with Crippen LogP contribution < -0.4 is 11.1 Å². The number of hydrogen-bond donors (Lipinski definition) is 3. The molecule has 1 aliphatic rings. The highest BCUT2D eigenvalue weighted by Crippen LogP contribution is 2.36. The number of H-pyrrole nitrogens is 1. The molecule has 8 nitrogen and oxygen atoms in total. The lowest BCUT2D eigenvalue weighted by atomic mass is 10.1. The Morgan fingerprint density at radius 3 is 2.43 bits per heavy atom. The van der Waals surface area contributed by atoms with E-state index in [9.17, 15) is 31.1 Å². The molecule has 0 saturated carbocycles. The van der Waals surface area contributed by atoms with Crippen LogP contribution >= 0.6 is 0 Å². The summed E-state index contributed by atoms with van der Waals surface area (Å²) in [5.41, 5.74) is 5.01. The molecule has 2 amide bonds. The van der Waals surface area contributed by atoms with Crippen molar-refractivity contribution in [3.63, 3.8) is 0 Å². The largest absolute Gasteiger partial charge is 0.416 e. The number of rotatable bonds is 8. The van der Waals surface area contributed by atoms with Crippen molar-refractivity contribution in [2.75, 3.05) is 20.3 Å². The number of nitrogens with zero attached hydrogens (tertiary/aromatic N) is 2. The van der Waals surface area contributed by atoms with Crippen molar-refractivity contribution < 1.29 is 40.6 Å². The van der Waals surface area contributed by atoms with Crippen molar-refractivity contribution in [2.45, 2.75) is 63.0 Å². The smallest absolute Gasteiger partial charge is 0.382 e. The van der Waals surface area contributed by atoms with Crippen molar-refractivity contribution in [1.29, 1.82) is 0 Å². The number of fused-ring (bicyclic) bond motifs is 1. The molecule has 0 aliphatic carbocycles. The van der Waals surface area contributed by atoms with Crippen LogP contribution in [0.1, 0.15) is 44.2 Å². The third-order valence-corrected chi connectivity index (χ3v) is 5.93. The molecule has 1 aromatic carbocycles. The first-order chi connectivity index (χ1) is 16.0. The van der Waals surface area contributed by atoms with E-state index in [1.807, 2.05) is 5.32 Å². The van der Waals surface area contributed by atoms with Crippen LogP contribution in [0, 0.1) is 0 Å². The fourth-order valence-corrected chi connectivity index (χ4v) is 3.77. The van der Waals surface area contributed by atoms with Crippen molar-refractivity contribution in [1.82, 2.24) is 20.2 Å². The number of nitrogens with two attached hydrogens (primary N) is 1. The maximum atomic E-state index is 13.2. The molecule has 14 heteroatoms. The van der Waals surface area contributed by atoms with Gasteiger partial charge in [0.05, 0.1) is 42.4 Å². The summed E-state index contributed by atoms with van der Waals surface area (Å²) >= 11 is 0. The highest BCUT2D eigenvalue weighted by molar-refractivity contribution is 5.79. The molecule has 1 aromatic heterocycles. The van der Waals surface area contributed by atoms with Gasteiger partial charge in [0, 0.05) is 7.11 Å². The molecule has 1 saturated heterocycles. The Kier molecular flexibility index (Phi) is 7.31. The van der Waals surface area contributed by atoms with Gasteiger partial charge in [-0.25, -0.2) is 9.78 Å². The zero-order chi connectivity index (χ0) is 26.3. The Morgan fingerprint density at radius 1 is 1.23 bits per heavy atom. The molecule has 35 heavy (non-hydrogen) atoms. The first-order valence-electron chi connectivity index (χ1n) is 10.7. The second-order valence-electron chi connectivity index (χ2n) is 8.92. The van der Waals surface area contributed by atoms with Crippen molar-refractivity contribution in [3.8, 4) is 0 Å². The monoisotopic (exact) mass is 511 g/mol. The Balaban J connectivity index is 1.85. The predicted molar refractivity (Wildman–Crippen MR) is 113 cm³/mol. The van der Waals surface area contributed by atoms with E-state index in [0.29, 0.717) is 16.6 Å². The van der Waals surface area contributed by atoms with E-state index in [-0.39, 0.29) is 12.4 Å². The number of halogens is 6. The van der Waals surface area contributed by atoms with Crippen LogP contribution in [0.2, 0.25) is 0 Å². The summed E-state index contributed by atoms with van der Waals surface area (Å²) in [5, 5.41) is 1.93. The number of methoxy groups -OCH3 is 1. The lowest BCUT2D eigenvalue weighted by Gasteiger charge is -2.32. The Hall–Kier alpha value is -2.58. The van der Waals surface area contributed by atoms with Gasteiger partial charge in [-0.05, 0) is 38.5 Å². The van der Waals surface area contributed by atoms with Crippen LogP contribution in [0.3, 0.4) is 0 Å². The summed E-state index contributed by atoms with van der Waals surface area (Å²) in [4.78, 5) is 20.6. The number of urea groups is 1. The summed E-state index contributed by atoms with van der Waals surface area (Å²) in [6, 6.07) is 0.00829. The first kappa shape index (κ1) is 27.0. The van der Waals surface area contributed by atoms with Gasteiger partial charge in [-0.15, -0.1) is 0 Å². The number of hydrogen-bond acceptors (Lipinski definition) is 5. The molecule has 0 bridgehead atoms. The minimum Gasteiger partial charge on any atom is -0.382 e. The predicted octanol–water partition coefficient (Wildman–Crippen LogP) is 3.95. The topological polar surface area (TPSA) is 106 Å². The molecule has 196 valence electrons. The Labute approximate surface area is 197 Å². The lowest BCUT2D eigenvalue weighted by molar-refractivity contribution is -0.277. The number of aromatic amines is 1. The van der Waals surface area contributed by atoms with Gasteiger partial charge >= 0.3 is 18.4 Å². The molecule has 3 rings (SSSR count). The summed E-state index contributed by atoms with van der Waals surface area (Å²) in [6.07, 6.45) is -10.3. The van der Waals surface area contributed by atoms with Crippen LogP contribution in [0.4, 0.5) is 31.1 Å². The molecular weight excluding hydrogens is 484 g/mol. The SMILES string of the molecule is COC[C@H](c1ccc2nc([C@@H](N)[C@@H](C)OC(C)(C)C(F)(F)F)[nH]c2c1)N1C[C@@H](C(F)(F)F)NC1=O. The van der Waals surface area contributed by atoms with Gasteiger partial charge < -0.3 is 30.4 Å². The molecule has 4 N–H and O–H groups in total. The van der Waals surface area contributed by atoms with Crippen molar-refractivity contribution >= 4 is 17.1 Å². The number of carbonyl (C=O) groups is 1. The molecule has 2 aromatic rings. The molecule has 4 atom stereocenters. The van der Waals surface area contributed by atoms with Crippen molar-refractivity contribution in [3.05, 3.63) is 29.6 Å². The van der Waals surface area contributed by atoms with Gasteiger partial charge in [0.2, 0.25) is 0 Å². The summed E-state index contributed by atoms with van der Waals surface area (Å²) < 4.78 is 89.1. The minimum atomic E-state index is -4.60. The number of ether oxygens (including phenoxy) is 2. The number of imidazole rings is 1. The van der Waals surface area contributed by atoms with Crippen LogP contribution in [-0.4, -0.2) is 71.3 Å². The zero-order valence-corrected chi connectivity index (χ0v) is 19.4. The van der Waals surface area contributed by atoms with E-state index in [2.05, 4.69) is 9.97 Å². The Morgan fingerprint density at radius 2 is 1.89 bits per heavy atom. The highest BCUT2D eigenvalue weighted by atomic mass is 19.4. The Bertz CT molecular complexity index is 1050. The maximum Gasteiger partial charge on any atom is 0.416 e. The molecule has 1 aliphatic heterocycles. The lowest BCUT2D eigenvalue weighted by Crippen LogP contribution is -2.46. The highest BCUT2D eigenvalue weighted by Gasteiger charge is 2.50. The summed E-state index contributed by atoms with van der Waals surface area (Å²) in [7, 11) is 1.36. The number of carbonyl (C=O) groups excluding carboxylic acids is 1. The van der Waals surface area contributed by atoms with Gasteiger partial charge in [-0.1, -0.05) is 6.07 Å². The average molecular weight is 511 g/mol. The minimum absolute atomic E-state index is 0.0680. The van der Waals surface area contributed by atoms with Crippen LogP contribution in [0.25, 0.3) is 11.0 Å². The van der Waals surface area contributed by atoms with Crippen LogP contribution in [0.15, 0.2) is 18.2 Å². The van der Waals surface area contributed by atoms with E-state index in [0.717, 1.165) is 18.7 Å². The molecule has 0 unspecified atom stereocenters. The van der Waals surface area contributed by atoms with Crippen LogP contribution in [-0.2, 0) is 9.47 Å². The average Bonchev–Trinajstić information content (AvgIpc) is 3.33. The number of nitrogens with one attached hydrogen (secondary N) is 2. The molecule has 2 heterocycles.